The molecule has 0 amide bonds. The minimum absolute atomic E-state index is 0.0743. The molecule has 122 valence electrons. The summed E-state index contributed by atoms with van der Waals surface area (Å²) in [6.07, 6.45) is -3.47. The molecular formula is C18H13F3NOP. The molecule has 3 rings (SSSR count). The van der Waals surface area contributed by atoms with Crippen LogP contribution in [0.1, 0.15) is 5.56 Å². The van der Waals surface area contributed by atoms with Crippen LogP contribution in [0, 0.1) is 0 Å². The van der Waals surface area contributed by atoms with E-state index in [1.54, 1.807) is 60.7 Å². The normalized spacial score (nSPS) is 12.1. The molecule has 0 aliphatic heterocycles. The van der Waals surface area contributed by atoms with Gasteiger partial charge in [-0.05, 0) is 12.1 Å². The quantitative estimate of drug-likeness (QED) is 0.676. The van der Waals surface area contributed by atoms with E-state index in [1.807, 2.05) is 0 Å². The van der Waals surface area contributed by atoms with Crippen molar-refractivity contribution in [1.82, 2.24) is 4.98 Å². The lowest BCUT2D eigenvalue weighted by Gasteiger charge is -2.19. The zero-order valence-corrected chi connectivity index (χ0v) is 13.3. The lowest BCUT2D eigenvalue weighted by molar-refractivity contribution is -0.137. The number of alkyl halides is 3. The summed E-state index contributed by atoms with van der Waals surface area (Å²) in [4.78, 5) is 4.01. The minimum Gasteiger partial charge on any atom is -0.307 e. The van der Waals surface area contributed by atoms with Crippen molar-refractivity contribution in [2.45, 2.75) is 6.18 Å². The minimum atomic E-state index is -4.52. The molecule has 1 heterocycles. The Labute approximate surface area is 137 Å². The summed E-state index contributed by atoms with van der Waals surface area (Å²) in [5.74, 6) is 0. The molecule has 1 aromatic heterocycles. The highest BCUT2D eigenvalue weighted by atomic mass is 31.2. The second kappa shape index (κ2) is 6.25. The molecule has 24 heavy (non-hydrogen) atoms. The van der Waals surface area contributed by atoms with Gasteiger partial charge in [0, 0.05) is 16.8 Å². The van der Waals surface area contributed by atoms with E-state index in [1.165, 1.54) is 0 Å². The van der Waals surface area contributed by atoms with E-state index in [2.05, 4.69) is 4.98 Å². The van der Waals surface area contributed by atoms with Gasteiger partial charge in [-0.1, -0.05) is 60.7 Å². The molecular weight excluding hydrogens is 334 g/mol. The van der Waals surface area contributed by atoms with E-state index in [4.69, 9.17) is 0 Å². The molecule has 2 nitrogen and oxygen atoms in total. The van der Waals surface area contributed by atoms with Crippen molar-refractivity contribution in [3.63, 3.8) is 0 Å². The third-order valence-corrected chi connectivity index (χ3v) is 6.58. The number of hydrogen-bond donors (Lipinski definition) is 0. The number of hydrogen-bond acceptors (Lipinski definition) is 2. The van der Waals surface area contributed by atoms with E-state index in [0.717, 1.165) is 18.3 Å². The maximum atomic E-state index is 13.9. The summed E-state index contributed by atoms with van der Waals surface area (Å²) < 4.78 is 53.0. The SMILES string of the molecule is O=P(c1ccccc1)(c1ccccc1)c1cc(C(F)(F)F)ccn1. The first-order chi connectivity index (χ1) is 11.4. The van der Waals surface area contributed by atoms with E-state index in [9.17, 15) is 17.7 Å². The van der Waals surface area contributed by atoms with Crippen LogP contribution in [0.25, 0.3) is 0 Å². The van der Waals surface area contributed by atoms with Crippen molar-refractivity contribution in [2.75, 3.05) is 0 Å². The van der Waals surface area contributed by atoms with Crippen LogP contribution in [0.2, 0.25) is 0 Å². The van der Waals surface area contributed by atoms with Crippen LogP contribution in [-0.4, -0.2) is 4.98 Å². The number of rotatable bonds is 3. The van der Waals surface area contributed by atoms with E-state index in [0.29, 0.717) is 10.6 Å². The van der Waals surface area contributed by atoms with Gasteiger partial charge in [-0.15, -0.1) is 0 Å². The van der Waals surface area contributed by atoms with Gasteiger partial charge in [0.15, 0.2) is 7.14 Å². The zero-order valence-electron chi connectivity index (χ0n) is 12.4. The maximum absolute atomic E-state index is 13.9. The van der Waals surface area contributed by atoms with Gasteiger partial charge >= 0.3 is 6.18 Å². The first-order valence-corrected chi connectivity index (χ1v) is 8.88. The molecule has 0 unspecified atom stereocenters. The van der Waals surface area contributed by atoms with Gasteiger partial charge in [-0.2, -0.15) is 13.2 Å². The summed E-state index contributed by atoms with van der Waals surface area (Å²) in [6, 6.07) is 18.7. The Morgan fingerprint density at radius 3 is 1.75 bits per heavy atom. The van der Waals surface area contributed by atoms with Crippen LogP contribution >= 0.6 is 7.14 Å². The number of halogens is 3. The van der Waals surface area contributed by atoms with E-state index >= 15 is 0 Å². The first kappa shape index (κ1) is 16.5. The van der Waals surface area contributed by atoms with Gasteiger partial charge in [-0.25, -0.2) is 0 Å². The highest BCUT2D eigenvalue weighted by Gasteiger charge is 2.35. The van der Waals surface area contributed by atoms with Gasteiger partial charge in [0.25, 0.3) is 0 Å². The second-order valence-electron chi connectivity index (χ2n) is 5.18. The summed E-state index contributed by atoms with van der Waals surface area (Å²) in [5.41, 5.74) is -0.936. The average Bonchev–Trinajstić information content (AvgIpc) is 2.62. The Balaban J connectivity index is 2.26. The highest BCUT2D eigenvalue weighted by molar-refractivity contribution is 7.85. The summed E-state index contributed by atoms with van der Waals surface area (Å²) >= 11 is 0. The molecule has 0 spiro atoms. The Kier molecular flexibility index (Phi) is 4.29. The highest BCUT2D eigenvalue weighted by Crippen LogP contribution is 2.42. The van der Waals surface area contributed by atoms with Crippen LogP contribution < -0.4 is 16.0 Å². The fraction of sp³-hybridized carbons (Fsp3) is 0.0556. The Hall–Kier alpha value is -2.39. The molecule has 0 aliphatic rings. The Morgan fingerprint density at radius 2 is 1.29 bits per heavy atom. The van der Waals surface area contributed by atoms with Gasteiger partial charge < -0.3 is 4.57 Å². The van der Waals surface area contributed by atoms with E-state index in [-0.39, 0.29) is 5.44 Å². The lowest BCUT2D eigenvalue weighted by atomic mass is 10.3. The molecule has 3 aromatic rings. The fourth-order valence-corrected chi connectivity index (χ4v) is 5.02. The topological polar surface area (TPSA) is 30.0 Å². The van der Waals surface area contributed by atoms with Gasteiger partial charge in [0.2, 0.25) is 0 Å². The Bertz CT molecular complexity index is 836. The van der Waals surface area contributed by atoms with Crippen molar-refractivity contribution in [1.29, 1.82) is 0 Å². The van der Waals surface area contributed by atoms with Crippen molar-refractivity contribution in [3.05, 3.63) is 84.6 Å². The number of benzene rings is 2. The third kappa shape index (κ3) is 3.00. The third-order valence-electron chi connectivity index (χ3n) is 3.64. The maximum Gasteiger partial charge on any atom is 0.416 e. The predicted octanol–water partition coefficient (Wildman–Crippen LogP) is 3.74. The second-order valence-corrected chi connectivity index (χ2v) is 7.89. The zero-order chi connectivity index (χ0) is 17.2. The number of pyridine rings is 1. The van der Waals surface area contributed by atoms with Crippen molar-refractivity contribution >= 4 is 23.2 Å². The van der Waals surface area contributed by atoms with Crippen LogP contribution in [0.5, 0.6) is 0 Å². The molecule has 0 bridgehead atoms. The smallest absolute Gasteiger partial charge is 0.307 e. The van der Waals surface area contributed by atoms with E-state index < -0.39 is 18.9 Å². The molecule has 0 radical (unpaired) electrons. The first-order valence-electron chi connectivity index (χ1n) is 7.17. The number of nitrogens with zero attached hydrogens (tertiary/aromatic N) is 1. The summed E-state index contributed by atoms with van der Waals surface area (Å²) in [5, 5.41) is 0.894. The molecule has 0 N–H and O–H groups in total. The average molecular weight is 347 g/mol. The number of aromatic nitrogens is 1. The summed E-state index contributed by atoms with van der Waals surface area (Å²) in [6.45, 7) is 0. The Morgan fingerprint density at radius 1 is 0.792 bits per heavy atom. The largest absolute Gasteiger partial charge is 0.416 e. The molecule has 0 fully saturated rings. The molecule has 2 aromatic carbocycles. The van der Waals surface area contributed by atoms with Crippen molar-refractivity contribution in [2.24, 2.45) is 0 Å². The van der Waals surface area contributed by atoms with Crippen LogP contribution in [-0.2, 0) is 10.7 Å². The van der Waals surface area contributed by atoms with Gasteiger partial charge in [0.1, 0.15) is 5.44 Å². The molecule has 0 saturated carbocycles. The van der Waals surface area contributed by atoms with Crippen molar-refractivity contribution in [3.8, 4) is 0 Å². The van der Waals surface area contributed by atoms with Crippen LogP contribution in [0.4, 0.5) is 13.2 Å². The molecule has 6 heteroatoms. The fourth-order valence-electron chi connectivity index (χ4n) is 2.46. The summed E-state index contributed by atoms with van der Waals surface area (Å²) in [7, 11) is -3.48. The molecule has 0 atom stereocenters. The van der Waals surface area contributed by atoms with Crippen molar-refractivity contribution < 1.29 is 17.7 Å². The van der Waals surface area contributed by atoms with Crippen LogP contribution in [0.15, 0.2) is 79.0 Å². The monoisotopic (exact) mass is 347 g/mol. The predicted molar refractivity (Wildman–Crippen MR) is 88.6 cm³/mol. The standard InChI is InChI=1S/C18H13F3NOP/c19-18(20,21)14-11-12-22-17(13-14)24(23,15-7-3-1-4-8-15)16-9-5-2-6-10-16/h1-13H. The molecule has 0 aliphatic carbocycles. The van der Waals surface area contributed by atoms with Crippen LogP contribution in [0.3, 0.4) is 0 Å². The van der Waals surface area contributed by atoms with Gasteiger partial charge in [0.05, 0.1) is 5.56 Å². The lowest BCUT2D eigenvalue weighted by Crippen LogP contribution is -2.27. The van der Waals surface area contributed by atoms with Gasteiger partial charge in [-0.3, -0.25) is 4.98 Å². The molecule has 0 saturated heterocycles.